The minimum absolute atomic E-state index is 0. The van der Waals surface area contributed by atoms with Crippen LogP contribution >= 0.6 is 12.4 Å². The number of halogens is 1. The van der Waals surface area contributed by atoms with E-state index < -0.39 is 0 Å². The van der Waals surface area contributed by atoms with Crippen molar-refractivity contribution in [3.63, 3.8) is 0 Å². The predicted octanol–water partition coefficient (Wildman–Crippen LogP) is 3.83. The molecule has 0 aliphatic carbocycles. The average molecular weight is 431 g/mol. The Kier molecular flexibility index (Phi) is 8.54. The Bertz CT molecular complexity index is 1060. The molecule has 0 amide bonds. The molecule has 2 aromatic carbocycles. The molecule has 0 bridgehead atoms. The van der Waals surface area contributed by atoms with E-state index in [0.29, 0.717) is 49.3 Å². The van der Waals surface area contributed by atoms with Gasteiger partial charge in [0.05, 0.1) is 18.7 Å². The quantitative estimate of drug-likeness (QED) is 0.387. The molecule has 1 aromatic heterocycles. The number of methoxy groups -OCH3 is 2. The zero-order valence-corrected chi connectivity index (χ0v) is 17.6. The number of anilines is 2. The third-order valence-electron chi connectivity index (χ3n) is 4.06. The van der Waals surface area contributed by atoms with Crippen LogP contribution in [0.5, 0.6) is 11.5 Å². The summed E-state index contributed by atoms with van der Waals surface area (Å²) >= 11 is 0. The van der Waals surface area contributed by atoms with Crippen molar-refractivity contribution in [3.8, 4) is 23.8 Å². The van der Waals surface area contributed by atoms with Crippen LogP contribution in [0.4, 0.5) is 11.5 Å². The highest BCUT2D eigenvalue weighted by Crippen LogP contribution is 2.35. The number of aromatic nitrogens is 2. The molecular formula is C22H24ClN3O4. The van der Waals surface area contributed by atoms with E-state index in [2.05, 4.69) is 27.6 Å². The molecule has 3 rings (SSSR count). The molecule has 0 unspecified atom stereocenters. The molecule has 3 aromatic rings. The summed E-state index contributed by atoms with van der Waals surface area (Å²) in [7, 11) is 3.24. The fourth-order valence-corrected chi connectivity index (χ4v) is 2.67. The molecule has 158 valence electrons. The molecule has 7 nitrogen and oxygen atoms in total. The number of hydrogen-bond donors (Lipinski definition) is 1. The fourth-order valence-electron chi connectivity index (χ4n) is 2.67. The molecule has 0 atom stereocenters. The number of benzene rings is 2. The summed E-state index contributed by atoms with van der Waals surface area (Å²) in [5.74, 6) is 4.50. The van der Waals surface area contributed by atoms with Gasteiger partial charge in [-0.25, -0.2) is 9.97 Å². The number of terminal acetylenes is 1. The van der Waals surface area contributed by atoms with Crippen LogP contribution in [0.15, 0.2) is 42.7 Å². The molecule has 0 saturated heterocycles. The van der Waals surface area contributed by atoms with Crippen molar-refractivity contribution in [2.75, 3.05) is 46.0 Å². The van der Waals surface area contributed by atoms with Crippen LogP contribution < -0.4 is 14.8 Å². The van der Waals surface area contributed by atoms with Gasteiger partial charge in [0.1, 0.15) is 26.7 Å². The Labute approximate surface area is 183 Å². The van der Waals surface area contributed by atoms with Crippen LogP contribution in [0.2, 0.25) is 0 Å². The Morgan fingerprint density at radius 1 is 1.00 bits per heavy atom. The topological polar surface area (TPSA) is 74.7 Å². The maximum absolute atomic E-state index is 7.07. The van der Waals surface area contributed by atoms with E-state index in [1.165, 1.54) is 6.33 Å². The van der Waals surface area contributed by atoms with Gasteiger partial charge >= 0.3 is 0 Å². The maximum Gasteiger partial charge on any atom is 0.163 e. The summed E-state index contributed by atoms with van der Waals surface area (Å²) in [6.07, 6.45) is 3.65. The first-order valence-electron chi connectivity index (χ1n) is 9.57. The Balaban J connectivity index is 0.00000341. The zero-order valence-electron chi connectivity index (χ0n) is 17.8. The van der Waals surface area contributed by atoms with Crippen LogP contribution in [0.25, 0.3) is 10.9 Å². The molecular weight excluding hydrogens is 406 g/mol. The van der Waals surface area contributed by atoms with Crippen LogP contribution in [0.1, 0.15) is 6.93 Å². The Morgan fingerprint density at radius 3 is 2.43 bits per heavy atom. The summed E-state index contributed by atoms with van der Waals surface area (Å²) in [6.45, 7) is 1.69. The SMILES string of the molecule is Cl.[2H]C#Cc1cccc(Nc2ncnc3cc(OCCOC)c(OCCOC)cc23)c1. The number of rotatable bonds is 10. The monoisotopic (exact) mass is 430 g/mol. The van der Waals surface area contributed by atoms with Crippen molar-refractivity contribution in [1.82, 2.24) is 9.97 Å². The van der Waals surface area contributed by atoms with Crippen molar-refractivity contribution >= 4 is 34.8 Å². The van der Waals surface area contributed by atoms with Crippen LogP contribution in [0.3, 0.4) is 0 Å². The molecule has 0 spiro atoms. The first-order valence-corrected chi connectivity index (χ1v) is 9.07. The molecule has 0 radical (unpaired) electrons. The van der Waals surface area contributed by atoms with Crippen molar-refractivity contribution in [1.29, 1.82) is 0 Å². The second kappa shape index (κ2) is 11.8. The largest absolute Gasteiger partial charge is 0.487 e. The van der Waals surface area contributed by atoms with Crippen LogP contribution in [-0.2, 0) is 9.47 Å². The Morgan fingerprint density at radius 2 is 1.73 bits per heavy atom. The fraction of sp³-hybridized carbons (Fsp3) is 0.273. The molecule has 0 aliphatic rings. The maximum atomic E-state index is 7.07. The third kappa shape index (κ3) is 5.97. The van der Waals surface area contributed by atoms with Gasteiger partial charge in [-0.15, -0.1) is 18.8 Å². The predicted molar refractivity (Wildman–Crippen MR) is 119 cm³/mol. The summed E-state index contributed by atoms with van der Waals surface area (Å²) in [4.78, 5) is 8.75. The van der Waals surface area contributed by atoms with E-state index >= 15 is 0 Å². The van der Waals surface area contributed by atoms with E-state index in [1.54, 1.807) is 14.2 Å². The van der Waals surface area contributed by atoms with Gasteiger partial charge in [-0.3, -0.25) is 0 Å². The zero-order chi connectivity index (χ0) is 21.2. The normalized spacial score (nSPS) is 10.4. The standard InChI is InChI=1S/C22H23N3O4.ClH/c1-4-16-6-5-7-17(12-16)25-22-18-13-20(28-10-8-26-2)21(29-11-9-27-3)14-19(18)23-15-24-22;/h1,5-7,12-15H,8-11H2,2-3H3,(H,23,24,25);1H/i1D;. The van der Waals surface area contributed by atoms with Crippen LogP contribution in [0, 0.1) is 12.3 Å². The molecule has 1 heterocycles. The number of nitrogens with one attached hydrogen (secondary N) is 1. The number of hydrogen-bond acceptors (Lipinski definition) is 7. The highest BCUT2D eigenvalue weighted by Gasteiger charge is 2.13. The Hall–Kier alpha value is -3.05. The molecule has 0 fully saturated rings. The molecule has 0 saturated carbocycles. The number of nitrogens with zero attached hydrogens (tertiary/aromatic N) is 2. The summed E-state index contributed by atoms with van der Waals surface area (Å²) in [5.41, 5.74) is 2.25. The highest BCUT2D eigenvalue weighted by molar-refractivity contribution is 5.93. The van der Waals surface area contributed by atoms with Crippen LogP contribution in [-0.4, -0.2) is 50.6 Å². The average Bonchev–Trinajstić information content (AvgIpc) is 2.75. The van der Waals surface area contributed by atoms with Gasteiger partial charge in [-0.2, -0.15) is 0 Å². The third-order valence-corrected chi connectivity index (χ3v) is 4.06. The minimum atomic E-state index is 0. The lowest BCUT2D eigenvalue weighted by Gasteiger charge is -2.15. The van der Waals surface area contributed by atoms with Gasteiger partial charge in [0.2, 0.25) is 0 Å². The van der Waals surface area contributed by atoms with Crippen molar-refractivity contribution in [2.24, 2.45) is 0 Å². The summed E-state index contributed by atoms with van der Waals surface area (Å²) in [6, 6.07) is 11.1. The van der Waals surface area contributed by atoms with E-state index in [9.17, 15) is 0 Å². The first-order chi connectivity index (χ1) is 14.7. The minimum Gasteiger partial charge on any atom is -0.487 e. The molecule has 1 N–H and O–H groups in total. The van der Waals surface area contributed by atoms with Gasteiger partial charge in [0, 0.05) is 36.9 Å². The first kappa shape index (κ1) is 21.7. The lowest BCUT2D eigenvalue weighted by atomic mass is 10.2. The van der Waals surface area contributed by atoms with Gasteiger partial charge in [-0.05, 0) is 24.3 Å². The van der Waals surface area contributed by atoms with Gasteiger partial charge in [0.15, 0.2) is 11.5 Å². The second-order valence-electron chi connectivity index (χ2n) is 6.05. The van der Waals surface area contributed by atoms with Crippen molar-refractivity contribution < 1.29 is 20.3 Å². The van der Waals surface area contributed by atoms with Gasteiger partial charge in [-0.1, -0.05) is 12.0 Å². The molecule has 30 heavy (non-hydrogen) atoms. The molecule has 8 heteroatoms. The lowest BCUT2D eigenvalue weighted by Crippen LogP contribution is -2.09. The lowest BCUT2D eigenvalue weighted by molar-refractivity contribution is 0.132. The second-order valence-corrected chi connectivity index (χ2v) is 6.05. The number of fused-ring (bicyclic) bond motifs is 1. The highest BCUT2D eigenvalue weighted by atomic mass is 35.5. The van der Waals surface area contributed by atoms with Gasteiger partial charge in [0.25, 0.3) is 0 Å². The van der Waals surface area contributed by atoms with E-state index in [-0.39, 0.29) is 12.4 Å². The van der Waals surface area contributed by atoms with Crippen molar-refractivity contribution in [3.05, 3.63) is 48.3 Å². The summed E-state index contributed by atoms with van der Waals surface area (Å²) < 4.78 is 28.9. The summed E-state index contributed by atoms with van der Waals surface area (Å²) in [5, 5.41) is 4.07. The van der Waals surface area contributed by atoms with Gasteiger partial charge < -0.3 is 24.3 Å². The molecule has 0 aliphatic heterocycles. The van der Waals surface area contributed by atoms with E-state index in [1.807, 2.05) is 36.4 Å². The van der Waals surface area contributed by atoms with E-state index in [4.69, 9.17) is 20.3 Å². The van der Waals surface area contributed by atoms with E-state index in [0.717, 1.165) is 16.6 Å². The smallest absolute Gasteiger partial charge is 0.163 e. The van der Waals surface area contributed by atoms with Crippen molar-refractivity contribution in [2.45, 2.75) is 0 Å². The number of ether oxygens (including phenoxy) is 4.